The lowest BCUT2D eigenvalue weighted by molar-refractivity contribution is 0.360. The van der Waals surface area contributed by atoms with Crippen LogP contribution >= 0.6 is 0 Å². The first-order valence-electron chi connectivity index (χ1n) is 11.7. The standard InChI is InChI=1S/C25H30N8/c1-31-10-3-11-32(15-14-31)24-5-2-4-21(29-24)23-16-19(6-7-28-23)22-17-20(18-26)25(30-22)33-12-8-27-9-13-33/h2,4-7,16-17,27,30H,3,8-15H2,1H3. The van der Waals surface area contributed by atoms with Crippen molar-refractivity contribution in [2.24, 2.45) is 0 Å². The summed E-state index contributed by atoms with van der Waals surface area (Å²) in [4.78, 5) is 20.0. The van der Waals surface area contributed by atoms with Crippen LogP contribution in [0.4, 0.5) is 11.6 Å². The molecule has 0 spiro atoms. The minimum absolute atomic E-state index is 0.677. The zero-order valence-electron chi connectivity index (χ0n) is 19.1. The molecule has 5 heterocycles. The molecular formula is C25H30N8. The number of piperazine rings is 1. The number of nitriles is 1. The molecule has 2 fully saturated rings. The van der Waals surface area contributed by atoms with Crippen LogP contribution in [0.2, 0.25) is 0 Å². The molecule has 0 unspecified atom stereocenters. The summed E-state index contributed by atoms with van der Waals surface area (Å²) in [6.07, 6.45) is 2.96. The Hall–Kier alpha value is -3.41. The fraction of sp³-hybridized carbons (Fsp3) is 0.400. The van der Waals surface area contributed by atoms with Crippen LogP contribution in [-0.4, -0.2) is 79.3 Å². The van der Waals surface area contributed by atoms with Crippen LogP contribution in [0.25, 0.3) is 22.6 Å². The zero-order chi connectivity index (χ0) is 22.6. The molecule has 8 nitrogen and oxygen atoms in total. The third kappa shape index (κ3) is 4.70. The van der Waals surface area contributed by atoms with Crippen LogP contribution in [0.5, 0.6) is 0 Å². The van der Waals surface area contributed by atoms with Crippen molar-refractivity contribution in [2.45, 2.75) is 6.42 Å². The second-order valence-electron chi connectivity index (χ2n) is 8.75. The van der Waals surface area contributed by atoms with Crippen molar-refractivity contribution in [3.63, 3.8) is 0 Å². The highest BCUT2D eigenvalue weighted by Crippen LogP contribution is 2.29. The first-order valence-corrected chi connectivity index (χ1v) is 11.7. The van der Waals surface area contributed by atoms with Crippen molar-refractivity contribution in [2.75, 3.05) is 69.2 Å². The summed E-state index contributed by atoms with van der Waals surface area (Å²) in [6.45, 7) is 7.79. The molecule has 2 N–H and O–H groups in total. The average molecular weight is 443 g/mol. The van der Waals surface area contributed by atoms with Crippen molar-refractivity contribution in [1.29, 1.82) is 5.26 Å². The Kier molecular flexibility index (Phi) is 6.24. The van der Waals surface area contributed by atoms with E-state index in [1.54, 1.807) is 0 Å². The van der Waals surface area contributed by atoms with E-state index in [1.807, 2.05) is 24.4 Å². The lowest BCUT2D eigenvalue weighted by Gasteiger charge is -2.28. The Bertz CT molecular complexity index is 1140. The van der Waals surface area contributed by atoms with Crippen LogP contribution < -0.4 is 15.1 Å². The molecule has 170 valence electrons. The third-order valence-electron chi connectivity index (χ3n) is 6.46. The van der Waals surface area contributed by atoms with Crippen LogP contribution in [-0.2, 0) is 0 Å². The quantitative estimate of drug-likeness (QED) is 0.642. The maximum atomic E-state index is 9.69. The molecular weight excluding hydrogens is 412 g/mol. The lowest BCUT2D eigenvalue weighted by atomic mass is 10.1. The molecule has 0 aromatic carbocycles. The van der Waals surface area contributed by atoms with Crippen LogP contribution in [0.1, 0.15) is 12.0 Å². The van der Waals surface area contributed by atoms with Crippen LogP contribution in [0.3, 0.4) is 0 Å². The van der Waals surface area contributed by atoms with Gasteiger partial charge in [-0.2, -0.15) is 5.26 Å². The summed E-state index contributed by atoms with van der Waals surface area (Å²) in [5, 5.41) is 13.1. The number of hydrogen-bond acceptors (Lipinski definition) is 7. The SMILES string of the molecule is CN1CCCN(c2cccc(-c3cc(-c4cc(C#N)c(N5CCNCC5)[nH]4)ccn3)n2)CC1. The second-order valence-corrected chi connectivity index (χ2v) is 8.75. The van der Waals surface area contributed by atoms with Crippen LogP contribution in [0, 0.1) is 11.3 Å². The molecule has 8 heteroatoms. The summed E-state index contributed by atoms with van der Waals surface area (Å²) >= 11 is 0. The number of hydrogen-bond donors (Lipinski definition) is 2. The van der Waals surface area contributed by atoms with Crippen LogP contribution in [0.15, 0.2) is 42.6 Å². The summed E-state index contributed by atoms with van der Waals surface area (Å²) in [5.41, 5.74) is 4.30. The number of likely N-dealkylation sites (N-methyl/N-ethyl adjacent to an activating group) is 1. The third-order valence-corrected chi connectivity index (χ3v) is 6.46. The summed E-state index contributed by atoms with van der Waals surface area (Å²) in [5.74, 6) is 1.90. The van der Waals surface area contributed by atoms with Gasteiger partial charge in [0, 0.05) is 63.3 Å². The maximum Gasteiger partial charge on any atom is 0.129 e. The molecule has 3 aromatic heterocycles. The molecule has 0 amide bonds. The lowest BCUT2D eigenvalue weighted by Crippen LogP contribution is -2.44. The highest BCUT2D eigenvalue weighted by atomic mass is 15.2. The molecule has 3 aromatic rings. The molecule has 0 bridgehead atoms. The van der Waals surface area contributed by atoms with Gasteiger partial charge in [0.1, 0.15) is 17.7 Å². The molecule has 2 aliphatic heterocycles. The van der Waals surface area contributed by atoms with E-state index in [0.717, 1.165) is 93.1 Å². The number of pyridine rings is 2. The Morgan fingerprint density at radius 3 is 2.67 bits per heavy atom. The Balaban J connectivity index is 1.42. The number of aromatic nitrogens is 3. The first kappa shape index (κ1) is 21.4. The van der Waals surface area contributed by atoms with Gasteiger partial charge in [-0.05, 0) is 50.3 Å². The fourth-order valence-corrected chi connectivity index (χ4v) is 4.58. The molecule has 2 aliphatic rings. The highest BCUT2D eigenvalue weighted by Gasteiger charge is 2.19. The van der Waals surface area contributed by atoms with E-state index in [9.17, 15) is 5.26 Å². The Labute approximate surface area is 194 Å². The number of anilines is 2. The monoisotopic (exact) mass is 442 g/mol. The van der Waals surface area contributed by atoms with Crippen molar-refractivity contribution >= 4 is 11.6 Å². The van der Waals surface area contributed by atoms with Gasteiger partial charge in [-0.3, -0.25) is 4.98 Å². The number of rotatable bonds is 4. The largest absolute Gasteiger partial charge is 0.355 e. The molecule has 0 atom stereocenters. The highest BCUT2D eigenvalue weighted by molar-refractivity contribution is 5.72. The molecule has 0 saturated carbocycles. The van der Waals surface area contributed by atoms with E-state index in [1.165, 1.54) is 0 Å². The molecule has 33 heavy (non-hydrogen) atoms. The molecule has 2 saturated heterocycles. The van der Waals surface area contributed by atoms with Crippen molar-refractivity contribution < 1.29 is 0 Å². The predicted octanol–water partition coefficient (Wildman–Crippen LogP) is 2.56. The van der Waals surface area contributed by atoms with E-state index in [4.69, 9.17) is 4.98 Å². The van der Waals surface area contributed by atoms with Gasteiger partial charge < -0.3 is 25.0 Å². The average Bonchev–Trinajstić information content (AvgIpc) is 3.19. The minimum atomic E-state index is 0.677. The zero-order valence-corrected chi connectivity index (χ0v) is 19.1. The number of nitrogens with one attached hydrogen (secondary N) is 2. The molecule has 0 aliphatic carbocycles. The maximum absolute atomic E-state index is 9.69. The molecule has 5 rings (SSSR count). The van der Waals surface area contributed by atoms with Crippen molar-refractivity contribution in [3.05, 3.63) is 48.2 Å². The van der Waals surface area contributed by atoms with E-state index in [-0.39, 0.29) is 0 Å². The van der Waals surface area contributed by atoms with E-state index >= 15 is 0 Å². The number of nitrogens with zero attached hydrogens (tertiary/aromatic N) is 6. The van der Waals surface area contributed by atoms with Gasteiger partial charge in [0.2, 0.25) is 0 Å². The normalized spacial score (nSPS) is 17.6. The summed E-state index contributed by atoms with van der Waals surface area (Å²) in [7, 11) is 2.18. The first-order chi connectivity index (χ1) is 16.2. The van der Waals surface area contributed by atoms with Gasteiger partial charge in [0.05, 0.1) is 17.0 Å². The van der Waals surface area contributed by atoms with Crippen molar-refractivity contribution in [3.8, 4) is 28.7 Å². The Morgan fingerprint density at radius 1 is 0.939 bits per heavy atom. The van der Waals surface area contributed by atoms with Gasteiger partial charge in [-0.1, -0.05) is 6.07 Å². The minimum Gasteiger partial charge on any atom is -0.355 e. The number of aromatic amines is 1. The van der Waals surface area contributed by atoms with Gasteiger partial charge in [0.25, 0.3) is 0 Å². The summed E-state index contributed by atoms with van der Waals surface area (Å²) in [6, 6.07) is 14.5. The van der Waals surface area contributed by atoms with E-state index in [2.05, 4.69) is 61.3 Å². The molecule has 0 radical (unpaired) electrons. The van der Waals surface area contributed by atoms with E-state index < -0.39 is 0 Å². The fourth-order valence-electron chi connectivity index (χ4n) is 4.58. The van der Waals surface area contributed by atoms with Gasteiger partial charge in [-0.15, -0.1) is 0 Å². The summed E-state index contributed by atoms with van der Waals surface area (Å²) < 4.78 is 0. The van der Waals surface area contributed by atoms with Gasteiger partial charge in [0.15, 0.2) is 0 Å². The van der Waals surface area contributed by atoms with Gasteiger partial charge in [-0.25, -0.2) is 4.98 Å². The smallest absolute Gasteiger partial charge is 0.129 e. The van der Waals surface area contributed by atoms with Crippen molar-refractivity contribution in [1.82, 2.24) is 25.2 Å². The predicted molar refractivity (Wildman–Crippen MR) is 131 cm³/mol. The number of H-pyrrole nitrogens is 1. The Morgan fingerprint density at radius 2 is 1.82 bits per heavy atom. The second kappa shape index (κ2) is 9.61. The van der Waals surface area contributed by atoms with E-state index in [0.29, 0.717) is 5.56 Å². The van der Waals surface area contributed by atoms with Gasteiger partial charge >= 0.3 is 0 Å². The topological polar surface area (TPSA) is 87.1 Å².